The Morgan fingerprint density at radius 1 is 1.29 bits per heavy atom. The molecule has 1 aliphatic heterocycles. The highest BCUT2D eigenvalue weighted by Crippen LogP contribution is 2.11. The summed E-state index contributed by atoms with van der Waals surface area (Å²) in [5, 5.41) is 5.45. The Balaban J connectivity index is 2.05. The maximum absolute atomic E-state index is 11.2. The van der Waals surface area contributed by atoms with Crippen molar-refractivity contribution in [2.24, 2.45) is 0 Å². The van der Waals surface area contributed by atoms with E-state index < -0.39 is 6.23 Å². The number of para-hydroxylation sites is 1. The number of carbonyl (C=O) groups excluding carboxylic acids is 1. The minimum absolute atomic E-state index is 0.265. The minimum Gasteiger partial charge on any atom is -0.461 e. The lowest BCUT2D eigenvalue weighted by Gasteiger charge is -2.10. The van der Waals surface area contributed by atoms with Gasteiger partial charge in [-0.15, -0.1) is 0 Å². The second-order valence-electron chi connectivity index (χ2n) is 2.77. The third kappa shape index (κ3) is 1.82. The van der Waals surface area contributed by atoms with E-state index in [1.165, 1.54) is 0 Å². The minimum atomic E-state index is -0.718. The molecule has 1 unspecified atom stereocenters. The molecule has 1 heterocycles. The zero-order chi connectivity index (χ0) is 9.97. The van der Waals surface area contributed by atoms with Gasteiger partial charge >= 0.3 is 0 Å². The first-order chi connectivity index (χ1) is 6.75. The van der Waals surface area contributed by atoms with Crippen molar-refractivity contribution in [1.29, 1.82) is 0 Å². The highest BCUT2D eigenvalue weighted by molar-refractivity contribution is 7.80. The fourth-order valence-electron chi connectivity index (χ4n) is 1.12. The molecule has 1 fully saturated rings. The molecular formula is C9H8N2O2S. The summed E-state index contributed by atoms with van der Waals surface area (Å²) in [7, 11) is 0. The number of hydrogen-bond acceptors (Lipinski definition) is 3. The van der Waals surface area contributed by atoms with E-state index in [0.29, 0.717) is 10.9 Å². The van der Waals surface area contributed by atoms with Crippen LogP contribution >= 0.6 is 12.2 Å². The Morgan fingerprint density at radius 3 is 2.57 bits per heavy atom. The lowest BCUT2D eigenvalue weighted by atomic mass is 10.3. The first kappa shape index (κ1) is 8.96. The molecule has 2 rings (SSSR count). The third-order valence-corrected chi connectivity index (χ3v) is 1.95. The number of carbonyl (C=O) groups is 1. The summed E-state index contributed by atoms with van der Waals surface area (Å²) in [6.07, 6.45) is -0.718. The van der Waals surface area contributed by atoms with Crippen LogP contribution in [-0.2, 0) is 4.79 Å². The number of amides is 1. The van der Waals surface area contributed by atoms with Crippen molar-refractivity contribution in [2.45, 2.75) is 6.23 Å². The van der Waals surface area contributed by atoms with Crippen molar-refractivity contribution in [2.75, 3.05) is 0 Å². The molecule has 2 N–H and O–H groups in total. The molecule has 0 saturated carbocycles. The summed E-state index contributed by atoms with van der Waals surface area (Å²) in [6, 6.07) is 9.09. The number of rotatable bonds is 2. The van der Waals surface area contributed by atoms with Crippen molar-refractivity contribution >= 4 is 23.2 Å². The molecular weight excluding hydrogens is 200 g/mol. The molecule has 0 bridgehead atoms. The lowest BCUT2D eigenvalue weighted by molar-refractivity contribution is -0.125. The van der Waals surface area contributed by atoms with Crippen LogP contribution in [0.1, 0.15) is 0 Å². The van der Waals surface area contributed by atoms with E-state index >= 15 is 0 Å². The summed E-state index contributed by atoms with van der Waals surface area (Å²) in [6.45, 7) is 0. The number of benzene rings is 1. The van der Waals surface area contributed by atoms with Gasteiger partial charge < -0.3 is 10.1 Å². The number of thiocarbonyl (C=S) groups is 1. The zero-order valence-corrected chi connectivity index (χ0v) is 8.01. The molecule has 0 aromatic heterocycles. The van der Waals surface area contributed by atoms with E-state index in [-0.39, 0.29) is 5.91 Å². The van der Waals surface area contributed by atoms with Crippen LogP contribution in [-0.4, -0.2) is 17.2 Å². The van der Waals surface area contributed by atoms with Gasteiger partial charge in [0.15, 0.2) is 5.11 Å². The Labute approximate surface area is 86.3 Å². The molecule has 14 heavy (non-hydrogen) atoms. The van der Waals surface area contributed by atoms with Gasteiger partial charge in [0.2, 0.25) is 0 Å². The van der Waals surface area contributed by atoms with Gasteiger partial charge in [0.05, 0.1) is 0 Å². The zero-order valence-electron chi connectivity index (χ0n) is 7.19. The van der Waals surface area contributed by atoms with Crippen LogP contribution in [0.2, 0.25) is 0 Å². The highest BCUT2D eigenvalue weighted by Gasteiger charge is 2.28. The molecule has 0 radical (unpaired) electrons. The fourth-order valence-corrected chi connectivity index (χ4v) is 1.32. The summed E-state index contributed by atoms with van der Waals surface area (Å²) < 4.78 is 5.35. The normalized spacial score (nSPS) is 20.1. The van der Waals surface area contributed by atoms with Crippen molar-refractivity contribution in [3.8, 4) is 5.75 Å². The van der Waals surface area contributed by atoms with E-state index in [1.807, 2.05) is 18.2 Å². The predicted molar refractivity (Wildman–Crippen MR) is 54.7 cm³/mol. The number of ether oxygens (including phenoxy) is 1. The molecule has 1 saturated heterocycles. The highest BCUT2D eigenvalue weighted by atomic mass is 32.1. The molecule has 5 heteroatoms. The average Bonchev–Trinajstić information content (AvgIpc) is 2.47. The van der Waals surface area contributed by atoms with E-state index in [1.54, 1.807) is 12.1 Å². The molecule has 1 amide bonds. The SMILES string of the molecule is O=C1NC(=S)NC1Oc1ccccc1. The van der Waals surface area contributed by atoms with Crippen LogP contribution in [0.25, 0.3) is 0 Å². The van der Waals surface area contributed by atoms with Crippen LogP contribution in [0.15, 0.2) is 30.3 Å². The van der Waals surface area contributed by atoms with E-state index in [0.717, 1.165) is 0 Å². The molecule has 0 aliphatic carbocycles. The molecule has 0 spiro atoms. The monoisotopic (exact) mass is 208 g/mol. The standard InChI is InChI=1S/C9H8N2O2S/c12-7-8(11-9(14)10-7)13-6-4-2-1-3-5-6/h1-5,8H,(H2,10,11,12,14). The second-order valence-corrected chi connectivity index (χ2v) is 3.18. The Bertz CT molecular complexity index is 366. The van der Waals surface area contributed by atoms with Gasteiger partial charge in [-0.3, -0.25) is 10.1 Å². The average molecular weight is 208 g/mol. The number of nitrogens with one attached hydrogen (secondary N) is 2. The third-order valence-electron chi connectivity index (χ3n) is 1.73. The van der Waals surface area contributed by atoms with Crippen LogP contribution < -0.4 is 15.4 Å². The van der Waals surface area contributed by atoms with Crippen LogP contribution in [0.3, 0.4) is 0 Å². The van der Waals surface area contributed by atoms with Gasteiger partial charge in [-0.05, 0) is 24.4 Å². The van der Waals surface area contributed by atoms with Crippen molar-refractivity contribution in [3.63, 3.8) is 0 Å². The molecule has 4 nitrogen and oxygen atoms in total. The molecule has 1 aromatic rings. The Hall–Kier alpha value is -1.62. The van der Waals surface area contributed by atoms with Gasteiger partial charge in [0.1, 0.15) is 5.75 Å². The second kappa shape index (κ2) is 3.63. The predicted octanol–water partition coefficient (Wildman–Crippen LogP) is 0.396. The van der Waals surface area contributed by atoms with Gasteiger partial charge in [-0.2, -0.15) is 0 Å². The van der Waals surface area contributed by atoms with Gasteiger partial charge in [0.25, 0.3) is 12.1 Å². The molecule has 1 aromatic carbocycles. The van der Waals surface area contributed by atoms with Gasteiger partial charge in [0, 0.05) is 0 Å². The van der Waals surface area contributed by atoms with Gasteiger partial charge in [-0.25, -0.2) is 0 Å². The Kier molecular flexibility index (Phi) is 2.32. The number of hydrogen-bond donors (Lipinski definition) is 2. The van der Waals surface area contributed by atoms with Crippen LogP contribution in [0.5, 0.6) is 5.75 Å². The van der Waals surface area contributed by atoms with Gasteiger partial charge in [-0.1, -0.05) is 18.2 Å². The van der Waals surface area contributed by atoms with E-state index in [4.69, 9.17) is 17.0 Å². The smallest absolute Gasteiger partial charge is 0.288 e. The van der Waals surface area contributed by atoms with Crippen LogP contribution in [0, 0.1) is 0 Å². The van der Waals surface area contributed by atoms with Crippen molar-refractivity contribution in [1.82, 2.24) is 10.6 Å². The molecule has 1 atom stereocenters. The van der Waals surface area contributed by atoms with E-state index in [2.05, 4.69) is 10.6 Å². The van der Waals surface area contributed by atoms with E-state index in [9.17, 15) is 4.79 Å². The fraction of sp³-hybridized carbons (Fsp3) is 0.111. The Morgan fingerprint density at radius 2 is 2.00 bits per heavy atom. The summed E-state index contributed by atoms with van der Waals surface area (Å²) in [5.74, 6) is 0.365. The molecule has 72 valence electrons. The quantitative estimate of drug-likeness (QED) is 0.691. The largest absolute Gasteiger partial charge is 0.461 e. The summed E-state index contributed by atoms with van der Waals surface area (Å²) in [4.78, 5) is 11.2. The summed E-state index contributed by atoms with van der Waals surface area (Å²) >= 11 is 4.77. The van der Waals surface area contributed by atoms with Crippen LogP contribution in [0.4, 0.5) is 0 Å². The maximum Gasteiger partial charge on any atom is 0.288 e. The lowest BCUT2D eigenvalue weighted by Crippen LogP contribution is -2.34. The van der Waals surface area contributed by atoms with Crippen molar-refractivity contribution < 1.29 is 9.53 Å². The first-order valence-electron chi connectivity index (χ1n) is 4.09. The molecule has 1 aliphatic rings. The first-order valence-corrected chi connectivity index (χ1v) is 4.49. The summed E-state index contributed by atoms with van der Waals surface area (Å²) in [5.41, 5.74) is 0. The van der Waals surface area contributed by atoms with Crippen molar-refractivity contribution in [3.05, 3.63) is 30.3 Å². The maximum atomic E-state index is 11.2. The topological polar surface area (TPSA) is 50.4 Å².